The first-order valence-electron chi connectivity index (χ1n) is 10.7. The van der Waals surface area contributed by atoms with E-state index in [0.29, 0.717) is 24.8 Å². The molecule has 0 radical (unpaired) electrons. The summed E-state index contributed by atoms with van der Waals surface area (Å²) in [6, 6.07) is 20.9. The van der Waals surface area contributed by atoms with Crippen molar-refractivity contribution in [1.82, 2.24) is 9.97 Å². The van der Waals surface area contributed by atoms with Crippen molar-refractivity contribution in [3.63, 3.8) is 0 Å². The van der Waals surface area contributed by atoms with Crippen molar-refractivity contribution in [2.75, 3.05) is 28.7 Å². The van der Waals surface area contributed by atoms with Crippen LogP contribution < -0.4 is 15.5 Å². The first-order valence-corrected chi connectivity index (χ1v) is 10.7. The number of anilines is 4. The molecule has 8 nitrogen and oxygen atoms in total. The molecule has 5 rings (SSSR count). The normalized spacial score (nSPS) is 12.9. The number of cyclic esters (lactones) is 1. The van der Waals surface area contributed by atoms with Crippen molar-refractivity contribution >= 4 is 45.9 Å². The van der Waals surface area contributed by atoms with Crippen molar-refractivity contribution in [3.8, 4) is 11.1 Å². The molecule has 0 spiro atoms. The number of nitrogens with one attached hydrogen (secondary N) is 2. The predicted octanol–water partition coefficient (Wildman–Crippen LogP) is 5.12. The van der Waals surface area contributed by atoms with Gasteiger partial charge in [-0.25, -0.2) is 14.8 Å². The van der Waals surface area contributed by atoms with Crippen molar-refractivity contribution in [1.29, 1.82) is 0 Å². The molecule has 2 heterocycles. The molecule has 0 saturated carbocycles. The Balaban J connectivity index is 1.43. The maximum absolute atomic E-state index is 11.8. The number of hydrogen-bond acceptors (Lipinski definition) is 6. The molecule has 0 unspecified atom stereocenters. The minimum atomic E-state index is -0.334. The molecule has 0 aliphatic carbocycles. The quantitative estimate of drug-likeness (QED) is 0.395. The zero-order valence-corrected chi connectivity index (χ0v) is 18.2. The average Bonchev–Trinajstić information content (AvgIpc) is 3.30. The van der Waals surface area contributed by atoms with Crippen LogP contribution in [0.3, 0.4) is 0 Å². The minimum absolute atomic E-state index is 0.267. The predicted molar refractivity (Wildman–Crippen MR) is 132 cm³/mol. The first-order chi connectivity index (χ1) is 16.6. The summed E-state index contributed by atoms with van der Waals surface area (Å²) in [5, 5.41) is 6.91. The second-order valence-electron chi connectivity index (χ2n) is 7.65. The van der Waals surface area contributed by atoms with Gasteiger partial charge < -0.3 is 15.4 Å². The first kappa shape index (κ1) is 21.1. The minimum Gasteiger partial charge on any atom is -0.447 e. The lowest BCUT2D eigenvalue weighted by Gasteiger charge is -2.13. The van der Waals surface area contributed by atoms with Crippen molar-refractivity contribution in [2.24, 2.45) is 0 Å². The molecule has 0 atom stereocenters. The van der Waals surface area contributed by atoms with Crippen LogP contribution in [0.15, 0.2) is 85.6 Å². The summed E-state index contributed by atoms with van der Waals surface area (Å²) in [7, 11) is 0. The van der Waals surface area contributed by atoms with Crippen LogP contribution in [0.25, 0.3) is 22.0 Å². The molecule has 1 aliphatic heterocycles. The van der Waals surface area contributed by atoms with Crippen molar-refractivity contribution < 1.29 is 14.3 Å². The Hall–Kier alpha value is -4.72. The van der Waals surface area contributed by atoms with Gasteiger partial charge in [0.05, 0.1) is 12.1 Å². The van der Waals surface area contributed by atoms with E-state index in [1.54, 1.807) is 11.1 Å². The van der Waals surface area contributed by atoms with Crippen LogP contribution in [0.4, 0.5) is 27.8 Å². The fourth-order valence-electron chi connectivity index (χ4n) is 3.79. The SMILES string of the molecule is C=CC(=O)Nc1cccc(-c2cccc3cnc(Nc4ccc(N5CCOC5=O)cc4)nc23)c1. The lowest BCUT2D eigenvalue weighted by molar-refractivity contribution is -0.111. The van der Waals surface area contributed by atoms with Crippen molar-refractivity contribution in [2.45, 2.75) is 0 Å². The number of aromatic nitrogens is 2. The second-order valence-corrected chi connectivity index (χ2v) is 7.65. The standard InChI is InChI=1S/C26H21N5O3/c1-2-23(32)28-20-7-3-5-17(15-20)22-8-4-6-18-16-27-25(30-24(18)22)29-19-9-11-21(12-10-19)31-13-14-34-26(31)33/h2-12,15-16H,1,13-14H2,(H,28,32)(H,27,29,30). The van der Waals surface area contributed by atoms with E-state index < -0.39 is 0 Å². The topological polar surface area (TPSA) is 96.5 Å². The highest BCUT2D eigenvalue weighted by molar-refractivity contribution is 6.00. The summed E-state index contributed by atoms with van der Waals surface area (Å²) in [5.74, 6) is 0.181. The van der Waals surface area contributed by atoms with Gasteiger partial charge in [0.15, 0.2) is 0 Å². The fourth-order valence-corrected chi connectivity index (χ4v) is 3.79. The summed E-state index contributed by atoms with van der Waals surface area (Å²) in [5.41, 5.74) is 4.86. The van der Waals surface area contributed by atoms with E-state index in [0.717, 1.165) is 33.4 Å². The number of hydrogen-bond donors (Lipinski definition) is 2. The molecular weight excluding hydrogens is 430 g/mol. The number of fused-ring (bicyclic) bond motifs is 1. The molecule has 1 aliphatic rings. The van der Waals surface area contributed by atoms with Gasteiger partial charge in [-0.1, -0.05) is 36.9 Å². The van der Waals surface area contributed by atoms with Gasteiger partial charge in [0.25, 0.3) is 0 Å². The molecule has 3 aromatic carbocycles. The highest BCUT2D eigenvalue weighted by atomic mass is 16.6. The van der Waals surface area contributed by atoms with E-state index >= 15 is 0 Å². The molecule has 2 N–H and O–H groups in total. The van der Waals surface area contributed by atoms with Crippen LogP contribution in [0, 0.1) is 0 Å². The van der Waals surface area contributed by atoms with Gasteiger partial charge in [0.2, 0.25) is 11.9 Å². The van der Waals surface area contributed by atoms with E-state index in [-0.39, 0.29) is 12.0 Å². The number of nitrogens with zero attached hydrogens (tertiary/aromatic N) is 3. The van der Waals surface area contributed by atoms with Gasteiger partial charge in [0, 0.05) is 34.2 Å². The van der Waals surface area contributed by atoms with Crippen LogP contribution in [0.5, 0.6) is 0 Å². The molecule has 34 heavy (non-hydrogen) atoms. The Morgan fingerprint density at radius 2 is 1.88 bits per heavy atom. The van der Waals surface area contributed by atoms with E-state index in [1.165, 1.54) is 6.08 Å². The molecule has 1 aromatic heterocycles. The zero-order chi connectivity index (χ0) is 23.5. The molecular formula is C26H21N5O3. The summed E-state index contributed by atoms with van der Waals surface area (Å²) in [4.78, 5) is 34.2. The Kier molecular flexibility index (Phi) is 5.61. The van der Waals surface area contributed by atoms with Gasteiger partial charge in [-0.2, -0.15) is 0 Å². The third-order valence-electron chi connectivity index (χ3n) is 5.43. The van der Waals surface area contributed by atoms with Gasteiger partial charge in [0.1, 0.15) is 6.61 Å². The Morgan fingerprint density at radius 1 is 1.06 bits per heavy atom. The monoisotopic (exact) mass is 451 g/mol. The highest BCUT2D eigenvalue weighted by Crippen LogP contribution is 2.30. The van der Waals surface area contributed by atoms with Gasteiger partial charge in [-0.3, -0.25) is 9.69 Å². The lowest BCUT2D eigenvalue weighted by Crippen LogP contribution is -2.23. The maximum atomic E-state index is 11.8. The number of rotatable bonds is 6. The number of amides is 2. The second kappa shape index (κ2) is 9.03. The van der Waals surface area contributed by atoms with Gasteiger partial charge in [-0.05, 0) is 48.0 Å². The molecule has 168 valence electrons. The van der Waals surface area contributed by atoms with Gasteiger partial charge in [-0.15, -0.1) is 0 Å². The number of ether oxygens (including phenoxy) is 1. The molecule has 1 saturated heterocycles. The van der Waals surface area contributed by atoms with E-state index in [4.69, 9.17) is 9.72 Å². The Bertz CT molecular complexity index is 1400. The average molecular weight is 451 g/mol. The third kappa shape index (κ3) is 4.29. The molecule has 4 aromatic rings. The smallest absolute Gasteiger partial charge is 0.414 e. The van der Waals surface area contributed by atoms with Crippen LogP contribution in [0.2, 0.25) is 0 Å². The molecule has 2 amide bonds. The maximum Gasteiger partial charge on any atom is 0.414 e. The summed E-state index contributed by atoms with van der Waals surface area (Å²) < 4.78 is 4.99. The highest BCUT2D eigenvalue weighted by Gasteiger charge is 2.23. The van der Waals surface area contributed by atoms with Gasteiger partial charge >= 0.3 is 6.09 Å². The summed E-state index contributed by atoms with van der Waals surface area (Å²) in [6.45, 7) is 4.43. The summed E-state index contributed by atoms with van der Waals surface area (Å²) in [6.07, 6.45) is 2.67. The number of para-hydroxylation sites is 1. The largest absolute Gasteiger partial charge is 0.447 e. The Morgan fingerprint density at radius 3 is 2.65 bits per heavy atom. The van der Waals surface area contributed by atoms with Crippen LogP contribution in [-0.2, 0) is 9.53 Å². The lowest BCUT2D eigenvalue weighted by atomic mass is 10.0. The number of benzene rings is 3. The number of carbonyl (C=O) groups excluding carboxylic acids is 2. The van der Waals surface area contributed by atoms with E-state index in [2.05, 4.69) is 22.2 Å². The Labute approximate surface area is 195 Å². The van der Waals surface area contributed by atoms with Crippen LogP contribution >= 0.6 is 0 Å². The summed E-state index contributed by atoms with van der Waals surface area (Å²) >= 11 is 0. The van der Waals surface area contributed by atoms with Crippen LogP contribution in [-0.4, -0.2) is 35.1 Å². The number of carbonyl (C=O) groups is 2. The molecule has 1 fully saturated rings. The van der Waals surface area contributed by atoms with Crippen molar-refractivity contribution in [3.05, 3.63) is 85.6 Å². The van der Waals surface area contributed by atoms with E-state index in [1.807, 2.05) is 66.7 Å². The van der Waals surface area contributed by atoms with E-state index in [9.17, 15) is 9.59 Å². The third-order valence-corrected chi connectivity index (χ3v) is 5.43. The molecule has 8 heteroatoms. The fraction of sp³-hybridized carbons (Fsp3) is 0.0769. The zero-order valence-electron chi connectivity index (χ0n) is 18.2. The van der Waals surface area contributed by atoms with Crippen LogP contribution in [0.1, 0.15) is 0 Å². The molecule has 0 bridgehead atoms.